The van der Waals surface area contributed by atoms with E-state index in [2.05, 4.69) is 29.1 Å². The summed E-state index contributed by atoms with van der Waals surface area (Å²) in [6.45, 7) is 0. The van der Waals surface area contributed by atoms with E-state index < -0.39 is 26.4 Å². The highest BCUT2D eigenvalue weighted by Crippen LogP contribution is 2.22. The molecular weight excluding hydrogens is 314 g/mol. The van der Waals surface area contributed by atoms with Crippen LogP contribution in [0.2, 0.25) is 0 Å². The van der Waals surface area contributed by atoms with Gasteiger partial charge in [0.2, 0.25) is 0 Å². The Labute approximate surface area is 96.4 Å². The average Bonchev–Trinajstić information content (AvgIpc) is 2.11. The molecule has 0 fully saturated rings. The van der Waals surface area contributed by atoms with Crippen molar-refractivity contribution in [2.75, 3.05) is 0 Å². The van der Waals surface area contributed by atoms with Crippen molar-refractivity contribution >= 4 is 7.32 Å². The molecule has 0 aliphatic heterocycles. The molecule has 0 unspecified atom stereocenters. The Hall–Kier alpha value is -0.805. The molecule has 0 rings (SSSR count). The van der Waals surface area contributed by atoms with Crippen LogP contribution in [0.1, 0.15) is 0 Å². The van der Waals surface area contributed by atoms with Gasteiger partial charge in [0, 0.05) is 0 Å². The quantitative estimate of drug-likeness (QED) is 0.325. The topological polar surface area (TPSA) is 55.4 Å². The molecule has 16 heteroatoms. The monoisotopic (exact) mass is 314 g/mol. The van der Waals surface area contributed by atoms with Crippen molar-refractivity contribution in [3.63, 3.8) is 0 Å². The number of alkyl halides is 9. The Balaban J connectivity index is 4.30. The van der Waals surface area contributed by atoms with E-state index in [1.807, 2.05) is 0 Å². The van der Waals surface area contributed by atoms with Crippen molar-refractivity contribution in [1.82, 2.24) is 0 Å². The molecule has 0 radical (unpaired) electrons. The zero-order chi connectivity index (χ0) is 15.3. The summed E-state index contributed by atoms with van der Waals surface area (Å²) in [7, 11) is -3.40. The smallest absolute Gasteiger partial charge is 0.221 e. The van der Waals surface area contributed by atoms with Gasteiger partial charge in [-0.1, -0.05) is 0 Å². The normalized spacial score (nSPS) is 13.7. The molecule has 0 saturated carbocycles. The third-order valence-electron chi connectivity index (χ3n) is 0.664. The first-order chi connectivity index (χ1) is 8.29. The molecule has 0 aromatic carbocycles. The zero-order valence-corrected chi connectivity index (χ0v) is 7.93. The van der Waals surface area contributed by atoms with Crippen LogP contribution in [0.15, 0.2) is 0 Å². The second-order valence-electron chi connectivity index (χ2n) is 2.16. The van der Waals surface area contributed by atoms with Crippen LogP contribution in [0, 0.1) is 0 Å². The van der Waals surface area contributed by atoms with Gasteiger partial charge < -0.3 is 0 Å². The van der Waals surface area contributed by atoms with Crippen LogP contribution in [0.5, 0.6) is 0 Å². The van der Waals surface area contributed by atoms with E-state index in [0.717, 1.165) is 0 Å². The lowest BCUT2D eigenvalue weighted by Gasteiger charge is -2.14. The Bertz CT molecular complexity index is 217. The highest BCUT2D eigenvalue weighted by atomic mass is 19.4. The molecule has 0 spiro atoms. The Morgan fingerprint density at radius 3 is 0.842 bits per heavy atom. The van der Waals surface area contributed by atoms with E-state index in [1.54, 1.807) is 0 Å². The molecule has 6 nitrogen and oxygen atoms in total. The molecule has 0 saturated heterocycles. The SMILES string of the molecule is FC(F)(F)OOB(OOC(F)(F)F)OOC(F)(F)F. The predicted molar refractivity (Wildman–Crippen MR) is 30.4 cm³/mol. The van der Waals surface area contributed by atoms with Gasteiger partial charge in [-0.2, -0.15) is 0 Å². The molecule has 0 aromatic rings. The minimum atomic E-state index is -5.57. The molecule has 0 bridgehead atoms. The lowest BCUT2D eigenvalue weighted by Crippen LogP contribution is -2.34. The average molecular weight is 314 g/mol. The van der Waals surface area contributed by atoms with Gasteiger partial charge >= 0.3 is 26.4 Å². The molecule has 0 aromatic heterocycles. The lowest BCUT2D eigenvalue weighted by atomic mass is 10.3. The molecule has 0 aliphatic carbocycles. The van der Waals surface area contributed by atoms with Crippen LogP contribution >= 0.6 is 0 Å². The number of hydrogen-bond donors (Lipinski definition) is 0. The van der Waals surface area contributed by atoms with E-state index in [0.29, 0.717) is 0 Å². The van der Waals surface area contributed by atoms with E-state index in [1.165, 1.54) is 0 Å². The summed E-state index contributed by atoms with van der Waals surface area (Å²) < 4.78 is 102. The third-order valence-corrected chi connectivity index (χ3v) is 0.664. The van der Waals surface area contributed by atoms with Crippen LogP contribution in [-0.4, -0.2) is 26.4 Å². The van der Waals surface area contributed by atoms with Crippen LogP contribution in [0.3, 0.4) is 0 Å². The van der Waals surface area contributed by atoms with E-state index in [9.17, 15) is 39.5 Å². The molecule has 0 heterocycles. The zero-order valence-electron chi connectivity index (χ0n) is 7.93. The first-order valence-corrected chi connectivity index (χ1v) is 3.52. The van der Waals surface area contributed by atoms with Gasteiger partial charge in [0.25, 0.3) is 0 Å². The minimum Gasteiger partial charge on any atom is -0.221 e. The van der Waals surface area contributed by atoms with Crippen molar-refractivity contribution in [3.05, 3.63) is 0 Å². The molecule has 0 amide bonds. The van der Waals surface area contributed by atoms with Gasteiger partial charge in [-0.15, -0.1) is 54.2 Å². The van der Waals surface area contributed by atoms with E-state index in [-0.39, 0.29) is 0 Å². The van der Waals surface area contributed by atoms with Crippen molar-refractivity contribution in [2.24, 2.45) is 0 Å². The second-order valence-corrected chi connectivity index (χ2v) is 2.16. The number of rotatable bonds is 6. The number of halogens is 9. The highest BCUT2D eigenvalue weighted by molar-refractivity contribution is 6.35. The summed E-state index contributed by atoms with van der Waals surface area (Å²) in [6, 6.07) is 0. The predicted octanol–water partition coefficient (Wildman–Crippen LogP) is 2.38. The first-order valence-electron chi connectivity index (χ1n) is 3.52. The molecule has 19 heavy (non-hydrogen) atoms. The van der Waals surface area contributed by atoms with E-state index >= 15 is 0 Å². The standard InChI is InChI=1S/C3BF9O6/c5-1(6,7)14-17-4(18-15-2(8,9)10)19-16-3(11,12)13. The Kier molecular flexibility index (Phi) is 6.29. The molecule has 0 atom stereocenters. The summed E-state index contributed by atoms with van der Waals surface area (Å²) >= 11 is 0. The maximum Gasteiger partial charge on any atom is 0.726 e. The number of hydrogen-bond acceptors (Lipinski definition) is 6. The summed E-state index contributed by atoms with van der Waals surface area (Å²) in [6.07, 6.45) is -16.7. The van der Waals surface area contributed by atoms with Gasteiger partial charge in [0.15, 0.2) is 0 Å². The third kappa shape index (κ3) is 13.4. The van der Waals surface area contributed by atoms with Crippen LogP contribution < -0.4 is 0 Å². The summed E-state index contributed by atoms with van der Waals surface area (Å²) in [4.78, 5) is 15.8. The van der Waals surface area contributed by atoms with Gasteiger partial charge in [-0.25, -0.2) is 14.4 Å². The molecular formula is C3BF9O6. The van der Waals surface area contributed by atoms with Gasteiger partial charge in [0.05, 0.1) is 0 Å². The summed E-state index contributed by atoms with van der Waals surface area (Å²) in [5.74, 6) is 0. The lowest BCUT2D eigenvalue weighted by molar-refractivity contribution is -0.516. The minimum absolute atomic E-state index is 2.38. The molecule has 114 valence electrons. The van der Waals surface area contributed by atoms with Crippen LogP contribution in [-0.2, 0) is 29.1 Å². The fourth-order valence-electron chi connectivity index (χ4n) is 0.330. The van der Waals surface area contributed by atoms with Gasteiger partial charge in [0.1, 0.15) is 0 Å². The molecule has 0 aliphatic rings. The largest absolute Gasteiger partial charge is 0.726 e. The molecule has 0 N–H and O–H groups in total. The van der Waals surface area contributed by atoms with Crippen molar-refractivity contribution < 1.29 is 68.6 Å². The van der Waals surface area contributed by atoms with E-state index in [4.69, 9.17) is 0 Å². The maximum atomic E-state index is 11.4. The fourth-order valence-corrected chi connectivity index (χ4v) is 0.330. The summed E-state index contributed by atoms with van der Waals surface area (Å²) in [5.41, 5.74) is 0. The van der Waals surface area contributed by atoms with Crippen LogP contribution in [0.25, 0.3) is 0 Å². The van der Waals surface area contributed by atoms with Crippen molar-refractivity contribution in [3.8, 4) is 0 Å². The van der Waals surface area contributed by atoms with Gasteiger partial charge in [-0.3, -0.25) is 0 Å². The van der Waals surface area contributed by atoms with Crippen molar-refractivity contribution in [1.29, 1.82) is 0 Å². The second kappa shape index (κ2) is 6.57. The first kappa shape index (κ1) is 18.2. The maximum absolute atomic E-state index is 11.4. The van der Waals surface area contributed by atoms with Crippen molar-refractivity contribution in [2.45, 2.75) is 19.1 Å². The fraction of sp³-hybridized carbons (Fsp3) is 1.00. The Morgan fingerprint density at radius 1 is 0.474 bits per heavy atom. The Morgan fingerprint density at radius 2 is 0.684 bits per heavy atom. The van der Waals surface area contributed by atoms with Gasteiger partial charge in [-0.05, 0) is 0 Å². The highest BCUT2D eigenvalue weighted by Gasteiger charge is 2.43. The summed E-state index contributed by atoms with van der Waals surface area (Å²) in [5, 5.41) is 0. The van der Waals surface area contributed by atoms with Crippen LogP contribution in [0.4, 0.5) is 39.5 Å².